The van der Waals surface area contributed by atoms with Crippen molar-refractivity contribution in [3.8, 4) is 11.5 Å². The number of carbonyl (C=O) groups is 1. The first-order valence-corrected chi connectivity index (χ1v) is 11.4. The number of rotatable bonds is 10. The lowest BCUT2D eigenvalue weighted by atomic mass is 10.1. The summed E-state index contributed by atoms with van der Waals surface area (Å²) in [5.74, 6) is 0.506. The van der Waals surface area contributed by atoms with E-state index in [4.69, 9.17) is 38.0 Å². The maximum absolute atomic E-state index is 13.4. The van der Waals surface area contributed by atoms with Gasteiger partial charge in [0.15, 0.2) is 11.5 Å². The molecule has 2 aromatic rings. The summed E-state index contributed by atoms with van der Waals surface area (Å²) >= 11 is 13.2. The van der Waals surface area contributed by atoms with Crippen molar-refractivity contribution in [2.24, 2.45) is 0 Å². The largest absolute Gasteiger partial charge is 0.490 e. The van der Waals surface area contributed by atoms with Crippen LogP contribution in [0.3, 0.4) is 0 Å². The Kier molecular flexibility index (Phi) is 8.54. The summed E-state index contributed by atoms with van der Waals surface area (Å²) in [5.41, 5.74) is 1.52. The average molecular weight is 484 g/mol. The zero-order chi connectivity index (χ0) is 22.4. The molecule has 1 amide bonds. The Hall–Kier alpha value is -1.87. The van der Waals surface area contributed by atoms with E-state index in [1.807, 2.05) is 13.0 Å². The second-order valence-electron chi connectivity index (χ2n) is 6.82. The van der Waals surface area contributed by atoms with Crippen molar-refractivity contribution in [1.82, 2.24) is 4.90 Å². The molecule has 1 saturated heterocycles. The second-order valence-corrected chi connectivity index (χ2v) is 9.06. The van der Waals surface area contributed by atoms with Gasteiger partial charge in [-0.25, -0.2) is 4.39 Å². The molecular weight excluding hydrogens is 461 g/mol. The maximum Gasteiger partial charge on any atom is 0.242 e. The molecular formula is C22H23ClFNO4S2. The summed E-state index contributed by atoms with van der Waals surface area (Å²) in [6, 6.07) is 9.77. The molecule has 0 unspecified atom stereocenters. The summed E-state index contributed by atoms with van der Waals surface area (Å²) < 4.78 is 30.6. The van der Waals surface area contributed by atoms with Gasteiger partial charge in [0.2, 0.25) is 5.91 Å². The van der Waals surface area contributed by atoms with E-state index in [2.05, 4.69) is 0 Å². The Morgan fingerprint density at radius 3 is 2.74 bits per heavy atom. The average Bonchev–Trinajstić information content (AvgIpc) is 2.98. The lowest BCUT2D eigenvalue weighted by molar-refractivity contribution is -0.126. The highest BCUT2D eigenvalue weighted by Gasteiger charge is 2.36. The standard InChI is InChI=1S/C22H23ClFNO4S2/c1-3-28-18-11-15(12-19-21(26)25(7-8-27-2)22(30)31-19)10-17(23)20(18)29-13-14-5-4-6-16(24)9-14/h4-6,9-11,19H,3,7-8,12-13H2,1-2H3/t19-/m1/s1. The summed E-state index contributed by atoms with van der Waals surface area (Å²) in [7, 11) is 1.59. The number of nitrogens with zero attached hydrogens (tertiary/aromatic N) is 1. The molecule has 1 aliphatic heterocycles. The van der Waals surface area contributed by atoms with E-state index in [1.54, 1.807) is 30.2 Å². The van der Waals surface area contributed by atoms with Crippen LogP contribution in [0.2, 0.25) is 5.02 Å². The van der Waals surface area contributed by atoms with Crippen LogP contribution in [0, 0.1) is 5.82 Å². The van der Waals surface area contributed by atoms with Gasteiger partial charge in [0.25, 0.3) is 0 Å². The quantitative estimate of drug-likeness (QED) is 0.449. The number of thiocarbonyl (C=S) groups is 1. The molecule has 1 heterocycles. The summed E-state index contributed by atoms with van der Waals surface area (Å²) in [4.78, 5) is 14.3. The molecule has 2 aromatic carbocycles. The van der Waals surface area contributed by atoms with Gasteiger partial charge in [-0.05, 0) is 48.7 Å². The first-order valence-electron chi connectivity index (χ1n) is 9.76. The minimum absolute atomic E-state index is 0.0347. The number of amides is 1. The highest BCUT2D eigenvalue weighted by Crippen LogP contribution is 2.39. The molecule has 31 heavy (non-hydrogen) atoms. The van der Waals surface area contributed by atoms with Crippen molar-refractivity contribution < 1.29 is 23.4 Å². The third-order valence-corrected chi connectivity index (χ3v) is 6.45. The van der Waals surface area contributed by atoms with Crippen molar-refractivity contribution >= 4 is 45.8 Å². The van der Waals surface area contributed by atoms with Crippen LogP contribution >= 0.6 is 35.6 Å². The number of carbonyl (C=O) groups excluding carboxylic acids is 1. The van der Waals surface area contributed by atoms with Crippen LogP contribution in [0.4, 0.5) is 4.39 Å². The molecule has 0 aromatic heterocycles. The monoisotopic (exact) mass is 483 g/mol. The van der Waals surface area contributed by atoms with Gasteiger partial charge in [0.05, 0.1) is 30.0 Å². The van der Waals surface area contributed by atoms with Gasteiger partial charge in [0.1, 0.15) is 16.7 Å². The molecule has 0 bridgehead atoms. The highest BCUT2D eigenvalue weighted by atomic mass is 35.5. The zero-order valence-electron chi connectivity index (χ0n) is 17.2. The lowest BCUT2D eigenvalue weighted by Crippen LogP contribution is -2.34. The van der Waals surface area contributed by atoms with E-state index in [1.165, 1.54) is 23.9 Å². The molecule has 166 valence electrons. The summed E-state index contributed by atoms with van der Waals surface area (Å²) in [6.45, 7) is 3.30. The van der Waals surface area contributed by atoms with Crippen molar-refractivity contribution in [2.75, 3.05) is 26.9 Å². The number of hydrogen-bond donors (Lipinski definition) is 0. The fourth-order valence-electron chi connectivity index (χ4n) is 3.15. The van der Waals surface area contributed by atoms with E-state index in [-0.39, 0.29) is 23.6 Å². The van der Waals surface area contributed by atoms with E-state index < -0.39 is 0 Å². The molecule has 5 nitrogen and oxygen atoms in total. The Bertz CT molecular complexity index is 959. The lowest BCUT2D eigenvalue weighted by Gasteiger charge is -2.17. The highest BCUT2D eigenvalue weighted by molar-refractivity contribution is 8.24. The third-order valence-electron chi connectivity index (χ3n) is 4.59. The Balaban J connectivity index is 1.75. The molecule has 1 fully saturated rings. The van der Waals surface area contributed by atoms with Gasteiger partial charge in [0, 0.05) is 7.11 Å². The van der Waals surface area contributed by atoms with Gasteiger partial charge in [-0.1, -0.05) is 47.7 Å². The fraction of sp³-hybridized carbons (Fsp3) is 0.364. The van der Waals surface area contributed by atoms with Crippen LogP contribution in [0.5, 0.6) is 11.5 Å². The third kappa shape index (κ3) is 6.10. The molecule has 0 aliphatic carbocycles. The number of thioether (sulfide) groups is 1. The van der Waals surface area contributed by atoms with Gasteiger partial charge in [-0.2, -0.15) is 0 Å². The maximum atomic E-state index is 13.4. The normalized spacial score (nSPS) is 16.1. The van der Waals surface area contributed by atoms with E-state index in [0.717, 1.165) is 5.56 Å². The Labute approximate surface area is 195 Å². The number of halogens is 2. The van der Waals surface area contributed by atoms with Crippen LogP contribution in [0.25, 0.3) is 0 Å². The predicted octanol–water partition coefficient (Wildman–Crippen LogP) is 4.87. The van der Waals surface area contributed by atoms with Gasteiger partial charge in [-0.15, -0.1) is 0 Å². The first kappa shape index (κ1) is 23.8. The fourth-order valence-corrected chi connectivity index (χ4v) is 5.02. The van der Waals surface area contributed by atoms with Crippen LogP contribution in [-0.4, -0.2) is 47.2 Å². The van der Waals surface area contributed by atoms with E-state index in [0.29, 0.717) is 52.6 Å². The predicted molar refractivity (Wildman–Crippen MR) is 125 cm³/mol. The molecule has 0 spiro atoms. The Morgan fingerprint density at radius 2 is 2.03 bits per heavy atom. The second kappa shape index (κ2) is 11.1. The molecule has 3 rings (SSSR count). The number of ether oxygens (including phenoxy) is 3. The van der Waals surface area contributed by atoms with E-state index in [9.17, 15) is 9.18 Å². The van der Waals surface area contributed by atoms with Gasteiger partial charge in [-0.3, -0.25) is 9.69 Å². The molecule has 0 saturated carbocycles. The molecule has 1 aliphatic rings. The first-order chi connectivity index (χ1) is 14.9. The van der Waals surface area contributed by atoms with Crippen LogP contribution in [-0.2, 0) is 22.6 Å². The molecule has 0 radical (unpaired) electrons. The van der Waals surface area contributed by atoms with E-state index >= 15 is 0 Å². The minimum Gasteiger partial charge on any atom is -0.490 e. The van der Waals surface area contributed by atoms with Gasteiger partial charge < -0.3 is 14.2 Å². The van der Waals surface area contributed by atoms with Crippen LogP contribution < -0.4 is 9.47 Å². The van der Waals surface area contributed by atoms with Crippen LogP contribution in [0.1, 0.15) is 18.1 Å². The number of hydrogen-bond acceptors (Lipinski definition) is 6. The number of methoxy groups -OCH3 is 1. The Morgan fingerprint density at radius 1 is 1.23 bits per heavy atom. The summed E-state index contributed by atoms with van der Waals surface area (Å²) in [6.07, 6.45) is 0.455. The summed E-state index contributed by atoms with van der Waals surface area (Å²) in [5, 5.41) is 0.0422. The smallest absolute Gasteiger partial charge is 0.242 e. The van der Waals surface area contributed by atoms with Crippen molar-refractivity contribution in [2.45, 2.75) is 25.2 Å². The van der Waals surface area contributed by atoms with Crippen molar-refractivity contribution in [1.29, 1.82) is 0 Å². The van der Waals surface area contributed by atoms with Crippen LogP contribution in [0.15, 0.2) is 36.4 Å². The SMILES string of the molecule is CCOc1cc(C[C@H]2SC(=S)N(CCOC)C2=O)cc(Cl)c1OCc1cccc(F)c1. The molecule has 9 heteroatoms. The molecule has 1 atom stereocenters. The van der Waals surface area contributed by atoms with Crippen molar-refractivity contribution in [3.63, 3.8) is 0 Å². The van der Waals surface area contributed by atoms with Crippen molar-refractivity contribution in [3.05, 3.63) is 58.4 Å². The molecule has 0 N–H and O–H groups in total. The topological polar surface area (TPSA) is 48.0 Å². The minimum atomic E-state index is -0.330. The number of benzene rings is 2. The zero-order valence-corrected chi connectivity index (χ0v) is 19.6. The van der Waals surface area contributed by atoms with Gasteiger partial charge >= 0.3 is 0 Å².